The van der Waals surface area contributed by atoms with E-state index in [1.54, 1.807) is 0 Å². The summed E-state index contributed by atoms with van der Waals surface area (Å²) in [6.45, 7) is 5.63. The van der Waals surface area contributed by atoms with Crippen molar-refractivity contribution in [3.05, 3.63) is 18.2 Å². The molecule has 96 valence electrons. The topological polar surface area (TPSA) is 29.9 Å². The zero-order valence-electron chi connectivity index (χ0n) is 11.3. The lowest BCUT2D eigenvalue weighted by Gasteiger charge is -2.24. The highest BCUT2D eigenvalue weighted by molar-refractivity contribution is 4.97. The summed E-state index contributed by atoms with van der Waals surface area (Å²) in [4.78, 5) is 4.45. The molecule has 1 aliphatic carbocycles. The normalized spacial score (nSPS) is 26.3. The summed E-state index contributed by atoms with van der Waals surface area (Å²) >= 11 is 0. The standard InChI is InChI=1S/C14H25N3/c1-4-15-13(12-6-5-11(2)9-12)10-14-16-7-8-17(14)3/h7-8,11-13,15H,4-6,9-10H2,1-3H3. The summed E-state index contributed by atoms with van der Waals surface area (Å²) in [5.74, 6) is 2.94. The Hall–Kier alpha value is -0.830. The van der Waals surface area contributed by atoms with E-state index in [2.05, 4.69) is 35.8 Å². The molecule has 3 atom stereocenters. The van der Waals surface area contributed by atoms with Crippen LogP contribution < -0.4 is 5.32 Å². The van der Waals surface area contributed by atoms with Crippen molar-refractivity contribution >= 4 is 0 Å². The number of nitrogens with one attached hydrogen (secondary N) is 1. The smallest absolute Gasteiger partial charge is 0.109 e. The van der Waals surface area contributed by atoms with Crippen LogP contribution in [0.3, 0.4) is 0 Å². The van der Waals surface area contributed by atoms with Crippen molar-refractivity contribution in [2.24, 2.45) is 18.9 Å². The molecule has 1 aromatic rings. The lowest BCUT2D eigenvalue weighted by molar-refractivity contribution is 0.347. The van der Waals surface area contributed by atoms with Gasteiger partial charge in [0.2, 0.25) is 0 Å². The van der Waals surface area contributed by atoms with Gasteiger partial charge in [0.1, 0.15) is 5.82 Å². The van der Waals surface area contributed by atoms with Crippen LogP contribution in [0.4, 0.5) is 0 Å². The molecule has 0 radical (unpaired) electrons. The second-order valence-electron chi connectivity index (χ2n) is 5.50. The number of aromatic nitrogens is 2. The average Bonchev–Trinajstić information content (AvgIpc) is 2.88. The van der Waals surface area contributed by atoms with Crippen LogP contribution in [0, 0.1) is 11.8 Å². The second-order valence-corrected chi connectivity index (χ2v) is 5.50. The molecular formula is C14H25N3. The third-order valence-corrected chi connectivity index (χ3v) is 4.09. The number of imidazole rings is 1. The van der Waals surface area contributed by atoms with E-state index in [1.807, 2.05) is 12.4 Å². The minimum Gasteiger partial charge on any atom is -0.338 e. The molecule has 0 aromatic carbocycles. The molecule has 17 heavy (non-hydrogen) atoms. The molecule has 3 unspecified atom stereocenters. The van der Waals surface area contributed by atoms with Crippen LogP contribution >= 0.6 is 0 Å². The highest BCUT2D eigenvalue weighted by Gasteiger charge is 2.28. The summed E-state index contributed by atoms with van der Waals surface area (Å²) in [5.41, 5.74) is 0. The summed E-state index contributed by atoms with van der Waals surface area (Å²) in [6.07, 6.45) is 9.15. The minimum absolute atomic E-state index is 0.603. The molecule has 1 saturated carbocycles. The first-order chi connectivity index (χ1) is 8.20. The Morgan fingerprint density at radius 1 is 1.53 bits per heavy atom. The SMILES string of the molecule is CCNC(Cc1nccn1C)C1CCC(C)C1. The average molecular weight is 235 g/mol. The van der Waals surface area contributed by atoms with Crippen LogP contribution in [0.2, 0.25) is 0 Å². The molecule has 0 saturated heterocycles. The van der Waals surface area contributed by atoms with Crippen LogP contribution in [0.25, 0.3) is 0 Å². The Balaban J connectivity index is 2.00. The zero-order chi connectivity index (χ0) is 12.3. The molecule has 0 bridgehead atoms. The largest absolute Gasteiger partial charge is 0.338 e. The zero-order valence-corrected chi connectivity index (χ0v) is 11.3. The van der Waals surface area contributed by atoms with Crippen LogP contribution in [0.15, 0.2) is 12.4 Å². The number of likely N-dealkylation sites (N-methyl/N-ethyl adjacent to an activating group) is 1. The highest BCUT2D eigenvalue weighted by atomic mass is 15.0. The van der Waals surface area contributed by atoms with Gasteiger partial charge < -0.3 is 9.88 Å². The molecule has 1 aliphatic rings. The Labute approximate surface area is 105 Å². The monoisotopic (exact) mass is 235 g/mol. The highest BCUT2D eigenvalue weighted by Crippen LogP contribution is 2.33. The van der Waals surface area contributed by atoms with Crippen molar-refractivity contribution in [3.8, 4) is 0 Å². The summed E-state index contributed by atoms with van der Waals surface area (Å²) < 4.78 is 2.14. The molecule has 1 heterocycles. The van der Waals surface area contributed by atoms with Crippen molar-refractivity contribution in [1.82, 2.24) is 14.9 Å². The summed E-state index contributed by atoms with van der Waals surface area (Å²) in [7, 11) is 2.09. The Morgan fingerprint density at radius 3 is 2.88 bits per heavy atom. The van der Waals surface area contributed by atoms with Gasteiger partial charge in [-0.1, -0.05) is 20.3 Å². The minimum atomic E-state index is 0.603. The summed E-state index contributed by atoms with van der Waals surface area (Å²) in [6, 6.07) is 0.603. The predicted octanol–water partition coefficient (Wildman–Crippen LogP) is 2.38. The first kappa shape index (κ1) is 12.6. The van der Waals surface area contributed by atoms with E-state index in [4.69, 9.17) is 0 Å². The van der Waals surface area contributed by atoms with Crippen molar-refractivity contribution in [1.29, 1.82) is 0 Å². The fraction of sp³-hybridized carbons (Fsp3) is 0.786. The van der Waals surface area contributed by atoms with Crippen molar-refractivity contribution in [2.75, 3.05) is 6.54 Å². The number of nitrogens with zero attached hydrogens (tertiary/aromatic N) is 2. The second kappa shape index (κ2) is 5.67. The molecule has 3 nitrogen and oxygen atoms in total. The Bertz CT molecular complexity index is 345. The van der Waals surface area contributed by atoms with Crippen molar-refractivity contribution < 1.29 is 0 Å². The van der Waals surface area contributed by atoms with Gasteiger partial charge in [-0.2, -0.15) is 0 Å². The Kier molecular flexibility index (Phi) is 4.21. The first-order valence-electron chi connectivity index (χ1n) is 6.90. The quantitative estimate of drug-likeness (QED) is 0.849. The van der Waals surface area contributed by atoms with Crippen LogP contribution in [-0.4, -0.2) is 22.1 Å². The van der Waals surface area contributed by atoms with Gasteiger partial charge in [-0.15, -0.1) is 0 Å². The predicted molar refractivity (Wildman–Crippen MR) is 70.9 cm³/mol. The number of aryl methyl sites for hydroxylation is 1. The first-order valence-corrected chi connectivity index (χ1v) is 6.90. The van der Waals surface area contributed by atoms with E-state index >= 15 is 0 Å². The summed E-state index contributed by atoms with van der Waals surface area (Å²) in [5, 5.41) is 3.66. The van der Waals surface area contributed by atoms with Crippen molar-refractivity contribution in [2.45, 2.75) is 45.6 Å². The maximum absolute atomic E-state index is 4.45. The molecule has 1 N–H and O–H groups in total. The molecule has 2 rings (SSSR count). The maximum Gasteiger partial charge on any atom is 0.109 e. The number of hydrogen-bond acceptors (Lipinski definition) is 2. The number of rotatable bonds is 5. The Morgan fingerprint density at radius 2 is 2.35 bits per heavy atom. The van der Waals surface area contributed by atoms with Gasteiger partial charge in [0.05, 0.1) is 0 Å². The van der Waals surface area contributed by atoms with Gasteiger partial charge in [0.25, 0.3) is 0 Å². The maximum atomic E-state index is 4.45. The number of hydrogen-bond donors (Lipinski definition) is 1. The van der Waals surface area contributed by atoms with E-state index in [0.717, 1.165) is 24.8 Å². The molecule has 0 aliphatic heterocycles. The fourth-order valence-electron chi connectivity index (χ4n) is 3.07. The van der Waals surface area contributed by atoms with Gasteiger partial charge in [-0.05, 0) is 31.2 Å². The molecule has 3 heteroatoms. The van der Waals surface area contributed by atoms with Crippen molar-refractivity contribution in [3.63, 3.8) is 0 Å². The van der Waals surface area contributed by atoms with Crippen LogP contribution in [0.1, 0.15) is 38.9 Å². The third kappa shape index (κ3) is 3.09. The van der Waals surface area contributed by atoms with Gasteiger partial charge in [-0.25, -0.2) is 4.98 Å². The lowest BCUT2D eigenvalue weighted by atomic mass is 9.94. The van der Waals surface area contributed by atoms with E-state index in [0.29, 0.717) is 6.04 Å². The molecule has 0 amide bonds. The van der Waals surface area contributed by atoms with Gasteiger partial charge in [0, 0.05) is 31.9 Å². The van der Waals surface area contributed by atoms with E-state index in [-0.39, 0.29) is 0 Å². The molecule has 1 aromatic heterocycles. The fourth-order valence-corrected chi connectivity index (χ4v) is 3.07. The molecule has 1 fully saturated rings. The molecule has 0 spiro atoms. The van der Waals surface area contributed by atoms with Gasteiger partial charge in [0.15, 0.2) is 0 Å². The van der Waals surface area contributed by atoms with Gasteiger partial charge in [-0.3, -0.25) is 0 Å². The van der Waals surface area contributed by atoms with E-state index < -0.39 is 0 Å². The third-order valence-electron chi connectivity index (χ3n) is 4.09. The van der Waals surface area contributed by atoms with E-state index in [9.17, 15) is 0 Å². The van der Waals surface area contributed by atoms with Crippen LogP contribution in [-0.2, 0) is 13.5 Å². The van der Waals surface area contributed by atoms with E-state index in [1.165, 1.54) is 25.1 Å². The molecular weight excluding hydrogens is 210 g/mol. The van der Waals surface area contributed by atoms with Crippen LogP contribution in [0.5, 0.6) is 0 Å². The lowest BCUT2D eigenvalue weighted by Crippen LogP contribution is -2.37. The van der Waals surface area contributed by atoms with Gasteiger partial charge >= 0.3 is 0 Å².